The molecule has 0 heterocycles. The maximum Gasteiger partial charge on any atom is 0.319 e. The van der Waals surface area contributed by atoms with Crippen LogP contribution in [0.3, 0.4) is 0 Å². The van der Waals surface area contributed by atoms with E-state index in [0.29, 0.717) is 41.8 Å². The third-order valence-electron chi connectivity index (χ3n) is 3.34. The van der Waals surface area contributed by atoms with Crippen LogP contribution in [0.1, 0.15) is 6.42 Å². The second-order valence-electron chi connectivity index (χ2n) is 5.08. The quantitative estimate of drug-likeness (QED) is 0.696. The summed E-state index contributed by atoms with van der Waals surface area (Å²) in [6.45, 7) is 0.994. The number of carbonyl (C=O) groups excluding carboxylic acids is 1. The molecule has 2 aromatic carbocycles. The van der Waals surface area contributed by atoms with Crippen molar-refractivity contribution in [2.75, 3.05) is 32.7 Å². The van der Waals surface area contributed by atoms with Crippen LogP contribution in [0.5, 0.6) is 17.2 Å². The Hall–Kier alpha value is -2.60. The highest BCUT2D eigenvalue weighted by Gasteiger charge is 2.12. The lowest BCUT2D eigenvalue weighted by Crippen LogP contribution is -2.30. The first-order valence-corrected chi connectivity index (χ1v) is 8.16. The van der Waals surface area contributed by atoms with Gasteiger partial charge < -0.3 is 24.8 Å². The van der Waals surface area contributed by atoms with E-state index in [1.54, 1.807) is 12.1 Å². The number of benzene rings is 2. The highest BCUT2D eigenvalue weighted by Crippen LogP contribution is 2.35. The Kier molecular flexibility index (Phi) is 7.22. The SMILES string of the molecule is COc1cc(NC(=O)NCCCOc2ccccc2)c(OC)cc1Cl. The van der Waals surface area contributed by atoms with Crippen molar-refractivity contribution in [1.82, 2.24) is 5.32 Å². The van der Waals surface area contributed by atoms with Crippen molar-refractivity contribution in [3.63, 3.8) is 0 Å². The van der Waals surface area contributed by atoms with Crippen molar-refractivity contribution in [2.24, 2.45) is 0 Å². The standard InChI is InChI=1S/C18H21ClN2O4/c1-23-16-12-15(17(24-2)11-14(16)19)21-18(22)20-9-6-10-25-13-7-4-3-5-8-13/h3-5,7-8,11-12H,6,9-10H2,1-2H3,(H2,20,21,22). The number of methoxy groups -OCH3 is 2. The van der Waals surface area contributed by atoms with Crippen molar-refractivity contribution in [1.29, 1.82) is 0 Å². The van der Waals surface area contributed by atoms with Gasteiger partial charge in [-0.05, 0) is 18.6 Å². The van der Waals surface area contributed by atoms with Crippen LogP contribution in [0.25, 0.3) is 0 Å². The number of nitrogens with one attached hydrogen (secondary N) is 2. The molecule has 2 aromatic rings. The molecule has 0 saturated carbocycles. The molecule has 7 heteroatoms. The Bertz CT molecular complexity index is 695. The van der Waals surface area contributed by atoms with E-state index in [4.69, 9.17) is 25.8 Å². The first-order valence-electron chi connectivity index (χ1n) is 7.78. The normalized spacial score (nSPS) is 10.0. The number of anilines is 1. The van der Waals surface area contributed by atoms with Gasteiger partial charge >= 0.3 is 6.03 Å². The minimum atomic E-state index is -0.345. The summed E-state index contributed by atoms with van der Waals surface area (Å²) in [5.74, 6) is 1.72. The molecule has 2 amide bonds. The molecule has 0 bridgehead atoms. The van der Waals surface area contributed by atoms with Crippen molar-refractivity contribution < 1.29 is 19.0 Å². The predicted octanol–water partition coefficient (Wildman–Crippen LogP) is 3.95. The van der Waals surface area contributed by atoms with Gasteiger partial charge in [-0.2, -0.15) is 0 Å². The van der Waals surface area contributed by atoms with Gasteiger partial charge in [0.1, 0.15) is 17.2 Å². The Morgan fingerprint density at radius 2 is 1.80 bits per heavy atom. The number of urea groups is 1. The fraction of sp³-hybridized carbons (Fsp3) is 0.278. The first-order chi connectivity index (χ1) is 12.1. The maximum absolute atomic E-state index is 12.0. The van der Waals surface area contributed by atoms with E-state index in [2.05, 4.69) is 10.6 Å². The van der Waals surface area contributed by atoms with Gasteiger partial charge in [0, 0.05) is 18.7 Å². The number of hydrogen-bond acceptors (Lipinski definition) is 4. The number of carbonyl (C=O) groups is 1. The second kappa shape index (κ2) is 9.64. The number of hydrogen-bond donors (Lipinski definition) is 2. The van der Waals surface area contributed by atoms with Crippen LogP contribution in [0.15, 0.2) is 42.5 Å². The zero-order valence-electron chi connectivity index (χ0n) is 14.2. The summed E-state index contributed by atoms with van der Waals surface area (Å²) in [6, 6.07) is 12.4. The van der Waals surface area contributed by atoms with Crippen LogP contribution in [0.4, 0.5) is 10.5 Å². The summed E-state index contributed by atoms with van der Waals surface area (Å²) in [4.78, 5) is 12.0. The van der Waals surface area contributed by atoms with E-state index in [1.165, 1.54) is 14.2 Å². The molecular formula is C18H21ClN2O4. The van der Waals surface area contributed by atoms with Gasteiger partial charge in [-0.15, -0.1) is 0 Å². The van der Waals surface area contributed by atoms with E-state index in [9.17, 15) is 4.79 Å². The lowest BCUT2D eigenvalue weighted by Gasteiger charge is -2.13. The maximum atomic E-state index is 12.0. The number of amides is 2. The molecule has 6 nitrogen and oxygen atoms in total. The molecule has 0 aliphatic carbocycles. The number of ether oxygens (including phenoxy) is 3. The Labute approximate surface area is 152 Å². The van der Waals surface area contributed by atoms with Crippen molar-refractivity contribution in [2.45, 2.75) is 6.42 Å². The highest BCUT2D eigenvalue weighted by atomic mass is 35.5. The van der Waals surface area contributed by atoms with Crippen LogP contribution in [0.2, 0.25) is 5.02 Å². The number of para-hydroxylation sites is 1. The van der Waals surface area contributed by atoms with Crippen molar-refractivity contribution >= 4 is 23.3 Å². The van der Waals surface area contributed by atoms with Crippen LogP contribution >= 0.6 is 11.6 Å². The molecule has 0 atom stereocenters. The third kappa shape index (κ3) is 5.76. The summed E-state index contributed by atoms with van der Waals surface area (Å²) < 4.78 is 15.9. The molecule has 0 spiro atoms. The summed E-state index contributed by atoms with van der Waals surface area (Å²) in [5, 5.41) is 5.88. The van der Waals surface area contributed by atoms with Crippen LogP contribution in [-0.4, -0.2) is 33.4 Å². The number of halogens is 1. The summed E-state index contributed by atoms with van der Waals surface area (Å²) >= 11 is 6.04. The molecule has 2 N–H and O–H groups in total. The Morgan fingerprint density at radius 1 is 1.08 bits per heavy atom. The van der Waals surface area contributed by atoms with Gasteiger partial charge in [-0.1, -0.05) is 29.8 Å². The lowest BCUT2D eigenvalue weighted by molar-refractivity contribution is 0.250. The first kappa shape index (κ1) is 18.7. The Morgan fingerprint density at radius 3 is 2.48 bits per heavy atom. The van der Waals surface area contributed by atoms with Crippen LogP contribution in [-0.2, 0) is 0 Å². The monoisotopic (exact) mass is 364 g/mol. The van der Waals surface area contributed by atoms with E-state index < -0.39 is 0 Å². The molecule has 0 unspecified atom stereocenters. The smallest absolute Gasteiger partial charge is 0.319 e. The van der Waals surface area contributed by atoms with Gasteiger partial charge in [0.2, 0.25) is 0 Å². The third-order valence-corrected chi connectivity index (χ3v) is 3.64. The zero-order valence-corrected chi connectivity index (χ0v) is 14.9. The topological polar surface area (TPSA) is 68.8 Å². The molecule has 134 valence electrons. The van der Waals surface area contributed by atoms with Gasteiger partial charge in [0.25, 0.3) is 0 Å². The molecule has 25 heavy (non-hydrogen) atoms. The Balaban J connectivity index is 1.78. The summed E-state index contributed by atoms with van der Waals surface area (Å²) in [6.07, 6.45) is 0.684. The molecule has 0 aliphatic rings. The second-order valence-corrected chi connectivity index (χ2v) is 5.49. The van der Waals surface area contributed by atoms with Gasteiger partial charge in [-0.25, -0.2) is 4.79 Å². The average Bonchev–Trinajstić information content (AvgIpc) is 2.63. The molecule has 0 radical (unpaired) electrons. The van der Waals surface area contributed by atoms with E-state index in [0.717, 1.165) is 5.75 Å². The molecule has 0 fully saturated rings. The molecule has 0 saturated heterocycles. The van der Waals surface area contributed by atoms with Gasteiger partial charge in [0.15, 0.2) is 0 Å². The fourth-order valence-electron chi connectivity index (χ4n) is 2.11. The fourth-order valence-corrected chi connectivity index (χ4v) is 2.34. The van der Waals surface area contributed by atoms with E-state index in [-0.39, 0.29) is 6.03 Å². The molecule has 2 rings (SSSR count). The van der Waals surface area contributed by atoms with Crippen molar-refractivity contribution in [3.8, 4) is 17.2 Å². The minimum absolute atomic E-state index is 0.345. The van der Waals surface area contributed by atoms with Gasteiger partial charge in [-0.3, -0.25) is 0 Å². The van der Waals surface area contributed by atoms with Crippen molar-refractivity contribution in [3.05, 3.63) is 47.5 Å². The molecule has 0 aliphatic heterocycles. The average molecular weight is 365 g/mol. The zero-order chi connectivity index (χ0) is 18.1. The van der Waals surface area contributed by atoms with Crippen LogP contribution < -0.4 is 24.8 Å². The number of rotatable bonds is 8. The predicted molar refractivity (Wildman–Crippen MR) is 98.1 cm³/mol. The lowest BCUT2D eigenvalue weighted by atomic mass is 10.2. The van der Waals surface area contributed by atoms with Gasteiger partial charge in [0.05, 0.1) is 31.5 Å². The summed E-state index contributed by atoms with van der Waals surface area (Å²) in [7, 11) is 3.01. The van der Waals surface area contributed by atoms with Crippen LogP contribution in [0, 0.1) is 0 Å². The minimum Gasteiger partial charge on any atom is -0.495 e. The molecule has 0 aromatic heterocycles. The highest BCUT2D eigenvalue weighted by molar-refractivity contribution is 6.32. The van der Waals surface area contributed by atoms with E-state index >= 15 is 0 Å². The molecular weight excluding hydrogens is 344 g/mol. The largest absolute Gasteiger partial charge is 0.495 e. The van der Waals surface area contributed by atoms with E-state index in [1.807, 2.05) is 30.3 Å². The summed E-state index contributed by atoms with van der Waals surface area (Å²) in [5.41, 5.74) is 0.474.